The number of benzene rings is 2. The molecule has 3 aromatic rings. The highest BCUT2D eigenvalue weighted by Crippen LogP contribution is 2.25. The number of amides is 1. The second-order valence-electron chi connectivity index (χ2n) is 6.60. The maximum Gasteiger partial charge on any atom is 0.230 e. The summed E-state index contributed by atoms with van der Waals surface area (Å²) in [5.41, 5.74) is 5.83. The Labute approximate surface area is 151 Å². The molecule has 0 bridgehead atoms. The smallest absolute Gasteiger partial charge is 0.230 e. The van der Waals surface area contributed by atoms with Gasteiger partial charge in [0.1, 0.15) is 0 Å². The average Bonchev–Trinajstić information content (AvgIpc) is 3.03. The summed E-state index contributed by atoms with van der Waals surface area (Å²) in [6.45, 7) is 3.67. The van der Waals surface area contributed by atoms with Gasteiger partial charge in [0.05, 0.1) is 23.6 Å². The maximum atomic E-state index is 12.6. The van der Waals surface area contributed by atoms with Crippen molar-refractivity contribution in [2.24, 2.45) is 0 Å². The summed E-state index contributed by atoms with van der Waals surface area (Å²) in [7, 11) is 0. The molecule has 1 aliphatic rings. The van der Waals surface area contributed by atoms with Gasteiger partial charge in [0, 0.05) is 11.9 Å². The summed E-state index contributed by atoms with van der Waals surface area (Å²) in [4.78, 5) is 12.6. The Kier molecular flexibility index (Phi) is 4.15. The molecule has 6 heteroatoms. The number of aromatic amines is 1. The third-order valence-corrected chi connectivity index (χ3v) is 4.87. The first-order valence-corrected chi connectivity index (χ1v) is 8.64. The minimum Gasteiger partial charge on any atom is -0.312 e. The van der Waals surface area contributed by atoms with E-state index in [9.17, 15) is 4.79 Å². The molecular formula is C20H19N5O. The lowest BCUT2D eigenvalue weighted by Crippen LogP contribution is -2.25. The number of nitriles is 1. The summed E-state index contributed by atoms with van der Waals surface area (Å²) in [6.07, 6.45) is 1.27. The molecule has 2 aromatic carbocycles. The van der Waals surface area contributed by atoms with Crippen molar-refractivity contribution < 1.29 is 4.79 Å². The number of aromatic nitrogens is 2. The van der Waals surface area contributed by atoms with Gasteiger partial charge < -0.3 is 10.6 Å². The summed E-state index contributed by atoms with van der Waals surface area (Å²) in [6, 6.07) is 11.9. The van der Waals surface area contributed by atoms with Crippen molar-refractivity contribution in [3.05, 3.63) is 58.1 Å². The third kappa shape index (κ3) is 2.93. The Morgan fingerprint density at radius 3 is 3.12 bits per heavy atom. The van der Waals surface area contributed by atoms with Crippen molar-refractivity contribution in [3.63, 3.8) is 0 Å². The van der Waals surface area contributed by atoms with E-state index in [2.05, 4.69) is 33.0 Å². The van der Waals surface area contributed by atoms with Crippen LogP contribution in [0.3, 0.4) is 0 Å². The second-order valence-corrected chi connectivity index (χ2v) is 6.60. The van der Waals surface area contributed by atoms with E-state index in [1.54, 1.807) is 6.07 Å². The Bertz CT molecular complexity index is 1040. The number of nitrogens with one attached hydrogen (secondary N) is 3. The molecule has 4 rings (SSSR count). The normalized spacial score (nSPS) is 13.2. The van der Waals surface area contributed by atoms with E-state index in [0.717, 1.165) is 41.5 Å². The molecule has 0 saturated heterocycles. The van der Waals surface area contributed by atoms with Gasteiger partial charge in [-0.05, 0) is 54.3 Å². The van der Waals surface area contributed by atoms with Crippen LogP contribution in [0.5, 0.6) is 0 Å². The Morgan fingerprint density at radius 1 is 1.38 bits per heavy atom. The van der Waals surface area contributed by atoms with E-state index in [-0.39, 0.29) is 5.91 Å². The van der Waals surface area contributed by atoms with E-state index in [1.807, 2.05) is 25.1 Å². The fraction of sp³-hybridized carbons (Fsp3) is 0.250. The van der Waals surface area contributed by atoms with Gasteiger partial charge in [0.2, 0.25) is 5.91 Å². The van der Waals surface area contributed by atoms with Gasteiger partial charge in [-0.1, -0.05) is 18.2 Å². The Balaban J connectivity index is 1.57. The molecule has 0 radical (unpaired) electrons. The number of fused-ring (bicyclic) bond motifs is 2. The SMILES string of the molecule is Cc1cc2c(NC(=O)Cc3cccc4c3CCNC4)n[nH]c2cc1C#N. The highest BCUT2D eigenvalue weighted by Gasteiger charge is 2.16. The number of nitrogens with zero attached hydrogens (tertiary/aromatic N) is 2. The molecule has 3 N–H and O–H groups in total. The van der Waals surface area contributed by atoms with Crippen LogP contribution in [0, 0.1) is 18.3 Å². The van der Waals surface area contributed by atoms with Gasteiger partial charge >= 0.3 is 0 Å². The molecule has 0 unspecified atom stereocenters. The van der Waals surface area contributed by atoms with Gasteiger partial charge in [-0.3, -0.25) is 9.89 Å². The number of carbonyl (C=O) groups excluding carboxylic acids is 1. The number of H-pyrrole nitrogens is 1. The lowest BCUT2D eigenvalue weighted by molar-refractivity contribution is -0.115. The second kappa shape index (κ2) is 6.62. The molecule has 6 nitrogen and oxygen atoms in total. The van der Waals surface area contributed by atoms with Crippen molar-refractivity contribution >= 4 is 22.6 Å². The molecule has 0 saturated carbocycles. The van der Waals surface area contributed by atoms with Crippen molar-refractivity contribution in [1.29, 1.82) is 5.26 Å². The molecule has 1 aromatic heterocycles. The van der Waals surface area contributed by atoms with E-state index in [1.165, 1.54) is 11.1 Å². The molecule has 26 heavy (non-hydrogen) atoms. The van der Waals surface area contributed by atoms with Gasteiger partial charge in [-0.2, -0.15) is 10.4 Å². The summed E-state index contributed by atoms with van der Waals surface area (Å²) in [5.74, 6) is 0.413. The van der Waals surface area contributed by atoms with Crippen LogP contribution in [0.15, 0.2) is 30.3 Å². The third-order valence-electron chi connectivity index (χ3n) is 4.87. The van der Waals surface area contributed by atoms with Crippen LogP contribution in [-0.4, -0.2) is 22.6 Å². The first kappa shape index (κ1) is 16.3. The molecule has 1 amide bonds. The topological polar surface area (TPSA) is 93.6 Å². The van der Waals surface area contributed by atoms with Crippen LogP contribution in [0.25, 0.3) is 10.9 Å². The minimum atomic E-state index is -0.0904. The van der Waals surface area contributed by atoms with Crippen LogP contribution in [0.2, 0.25) is 0 Å². The first-order chi connectivity index (χ1) is 12.7. The monoisotopic (exact) mass is 345 g/mol. The fourth-order valence-electron chi connectivity index (χ4n) is 3.51. The van der Waals surface area contributed by atoms with Crippen LogP contribution in [0.4, 0.5) is 5.82 Å². The Hall–Kier alpha value is -3.17. The highest BCUT2D eigenvalue weighted by atomic mass is 16.1. The molecule has 2 heterocycles. The number of rotatable bonds is 3. The molecule has 130 valence electrons. The standard InChI is InChI=1S/C20H19N5O/c1-12-7-17-18(8-15(12)10-21)24-25-20(17)23-19(26)9-13-3-2-4-14-11-22-6-5-16(13)14/h2-4,7-8,22H,5-6,9,11H2,1H3,(H2,23,24,25,26). The predicted molar refractivity (Wildman–Crippen MR) is 99.7 cm³/mol. The average molecular weight is 345 g/mol. The summed E-state index contributed by atoms with van der Waals surface area (Å²) >= 11 is 0. The highest BCUT2D eigenvalue weighted by molar-refractivity contribution is 6.00. The van der Waals surface area contributed by atoms with Crippen molar-refractivity contribution in [3.8, 4) is 6.07 Å². The molecule has 0 atom stereocenters. The first-order valence-electron chi connectivity index (χ1n) is 8.64. The summed E-state index contributed by atoms with van der Waals surface area (Å²) in [5, 5.41) is 23.3. The van der Waals surface area contributed by atoms with Gasteiger partial charge in [0.25, 0.3) is 0 Å². The number of carbonyl (C=O) groups is 1. The van der Waals surface area contributed by atoms with Gasteiger partial charge in [0.15, 0.2) is 5.82 Å². The van der Waals surface area contributed by atoms with Gasteiger partial charge in [-0.15, -0.1) is 0 Å². The van der Waals surface area contributed by atoms with Crippen LogP contribution in [-0.2, 0) is 24.2 Å². The van der Waals surface area contributed by atoms with Crippen LogP contribution < -0.4 is 10.6 Å². The zero-order valence-electron chi connectivity index (χ0n) is 14.5. The molecule has 0 spiro atoms. The van der Waals surface area contributed by atoms with E-state index >= 15 is 0 Å². The lowest BCUT2D eigenvalue weighted by atomic mass is 9.94. The number of anilines is 1. The molecule has 0 aliphatic carbocycles. The maximum absolute atomic E-state index is 12.6. The zero-order valence-corrected chi connectivity index (χ0v) is 14.5. The quantitative estimate of drug-likeness (QED) is 0.680. The fourth-order valence-corrected chi connectivity index (χ4v) is 3.51. The predicted octanol–water partition coefficient (Wildman–Crippen LogP) is 2.57. The summed E-state index contributed by atoms with van der Waals surface area (Å²) < 4.78 is 0. The van der Waals surface area contributed by atoms with Crippen LogP contribution in [0.1, 0.15) is 27.8 Å². The molecule has 0 fully saturated rings. The zero-order chi connectivity index (χ0) is 18.1. The minimum absolute atomic E-state index is 0.0904. The van der Waals surface area contributed by atoms with Crippen molar-refractivity contribution in [1.82, 2.24) is 15.5 Å². The largest absolute Gasteiger partial charge is 0.312 e. The number of hydrogen-bond acceptors (Lipinski definition) is 4. The molecule has 1 aliphatic heterocycles. The van der Waals surface area contributed by atoms with E-state index in [0.29, 0.717) is 17.8 Å². The lowest BCUT2D eigenvalue weighted by Gasteiger charge is -2.20. The molecular weight excluding hydrogens is 326 g/mol. The van der Waals surface area contributed by atoms with Crippen LogP contribution >= 0.6 is 0 Å². The number of hydrogen-bond donors (Lipinski definition) is 3. The van der Waals surface area contributed by atoms with E-state index in [4.69, 9.17) is 5.26 Å². The van der Waals surface area contributed by atoms with E-state index < -0.39 is 0 Å². The Morgan fingerprint density at radius 2 is 2.27 bits per heavy atom. The van der Waals surface area contributed by atoms with Crippen molar-refractivity contribution in [2.45, 2.75) is 26.3 Å². The number of aryl methyl sites for hydroxylation is 1. The van der Waals surface area contributed by atoms with Crippen molar-refractivity contribution in [2.75, 3.05) is 11.9 Å². The van der Waals surface area contributed by atoms with Gasteiger partial charge in [-0.25, -0.2) is 0 Å².